The van der Waals surface area contributed by atoms with E-state index in [1.165, 1.54) is 18.7 Å². The first-order valence-corrected chi connectivity index (χ1v) is 9.39. The van der Waals surface area contributed by atoms with Gasteiger partial charge in [-0.15, -0.1) is 18.2 Å². The molecule has 0 radical (unpaired) electrons. The summed E-state index contributed by atoms with van der Waals surface area (Å²) < 4.78 is 4.83. The minimum atomic E-state index is -1.93. The number of hydrogen-bond acceptors (Lipinski definition) is 8. The van der Waals surface area contributed by atoms with Crippen molar-refractivity contribution in [1.82, 2.24) is 10.2 Å². The van der Waals surface area contributed by atoms with Gasteiger partial charge < -0.3 is 26.0 Å². The molecule has 0 aromatic heterocycles. The molecule has 2 amide bonds. The second-order valence-corrected chi connectivity index (χ2v) is 7.51. The first kappa shape index (κ1) is 22.3. The van der Waals surface area contributed by atoms with E-state index < -0.39 is 53.1 Å². The fraction of sp³-hybridized carbons (Fsp3) is 0.471. The monoisotopic (exact) mass is 425 g/mol. The molecule has 3 atom stereocenters. The van der Waals surface area contributed by atoms with Gasteiger partial charge in [0.1, 0.15) is 23.7 Å². The van der Waals surface area contributed by atoms with Crippen LogP contribution in [0.15, 0.2) is 11.3 Å². The number of nitrogens with zero attached hydrogens (tertiary/aromatic N) is 1. The molecule has 0 saturated carbocycles. The van der Waals surface area contributed by atoms with E-state index in [0.717, 1.165) is 4.90 Å². The Hall–Kier alpha value is -3.04. The fourth-order valence-corrected chi connectivity index (χ4v) is 4.14. The number of thioether (sulfide) groups is 1. The SMILES string of the molecule is C#CC(N)(CCC(=O)O)C(=O)NC1C(=O)N2C(C(=O)O)=C(COC(C)=O)CSC12. The van der Waals surface area contributed by atoms with E-state index in [1.54, 1.807) is 0 Å². The van der Waals surface area contributed by atoms with Crippen molar-refractivity contribution >= 4 is 41.5 Å². The van der Waals surface area contributed by atoms with Gasteiger partial charge in [-0.1, -0.05) is 5.92 Å². The molecule has 29 heavy (non-hydrogen) atoms. The van der Waals surface area contributed by atoms with E-state index in [1.807, 2.05) is 0 Å². The van der Waals surface area contributed by atoms with Crippen molar-refractivity contribution < 1.29 is 38.9 Å². The summed E-state index contributed by atoms with van der Waals surface area (Å²) in [6, 6.07) is -1.07. The summed E-state index contributed by atoms with van der Waals surface area (Å²) in [6.07, 6.45) is 4.50. The van der Waals surface area contributed by atoms with Gasteiger partial charge in [-0.25, -0.2) is 4.79 Å². The van der Waals surface area contributed by atoms with Crippen LogP contribution < -0.4 is 11.1 Å². The van der Waals surface area contributed by atoms with E-state index in [0.29, 0.717) is 0 Å². The summed E-state index contributed by atoms with van der Waals surface area (Å²) in [7, 11) is 0. The first-order chi connectivity index (χ1) is 13.5. The average molecular weight is 425 g/mol. The largest absolute Gasteiger partial charge is 0.481 e. The van der Waals surface area contributed by atoms with E-state index in [9.17, 15) is 29.1 Å². The molecule has 2 aliphatic heterocycles. The Morgan fingerprint density at radius 1 is 1.41 bits per heavy atom. The number of fused-ring (bicyclic) bond motifs is 1. The van der Waals surface area contributed by atoms with Gasteiger partial charge in [0.2, 0.25) is 0 Å². The fourth-order valence-electron chi connectivity index (χ4n) is 2.81. The number of aliphatic carboxylic acids is 2. The highest BCUT2D eigenvalue weighted by atomic mass is 32.2. The van der Waals surface area contributed by atoms with Crippen LogP contribution in [0.1, 0.15) is 19.8 Å². The number of carbonyl (C=O) groups is 5. The summed E-state index contributed by atoms with van der Waals surface area (Å²) in [5.41, 5.74) is 3.83. The quantitative estimate of drug-likeness (QED) is 0.203. The Morgan fingerprint density at radius 2 is 2.07 bits per heavy atom. The van der Waals surface area contributed by atoms with Gasteiger partial charge in [-0.3, -0.25) is 24.1 Å². The number of rotatable bonds is 8. The van der Waals surface area contributed by atoms with Crippen molar-refractivity contribution in [2.75, 3.05) is 12.4 Å². The van der Waals surface area contributed by atoms with Gasteiger partial charge in [-0.05, 0) is 6.42 Å². The second-order valence-electron chi connectivity index (χ2n) is 6.41. The van der Waals surface area contributed by atoms with Gasteiger partial charge >= 0.3 is 17.9 Å². The Bertz CT molecular complexity index is 848. The standard InChI is InChI=1S/C17H19N3O8S/c1-3-17(18,5-4-10(22)23)16(27)19-11-13(24)20-12(15(25)26)9(6-28-8(2)21)7-29-14(11)20/h1,11,14H,4-7,18H2,2H3,(H,19,27)(H,22,23)(H,25,26). The van der Waals surface area contributed by atoms with Crippen LogP contribution >= 0.6 is 11.8 Å². The Labute approximate surface area is 169 Å². The highest BCUT2D eigenvalue weighted by molar-refractivity contribution is 8.00. The van der Waals surface area contributed by atoms with Crippen molar-refractivity contribution in [3.8, 4) is 12.3 Å². The van der Waals surface area contributed by atoms with Crippen LogP contribution in [0.5, 0.6) is 0 Å². The van der Waals surface area contributed by atoms with Gasteiger partial charge in [0.25, 0.3) is 11.8 Å². The summed E-state index contributed by atoms with van der Waals surface area (Å²) in [6.45, 7) is 0.907. The minimum Gasteiger partial charge on any atom is -0.481 e. The van der Waals surface area contributed by atoms with Crippen LogP contribution in [-0.4, -0.2) is 74.1 Å². The molecule has 1 saturated heterocycles. The lowest BCUT2D eigenvalue weighted by atomic mass is 9.93. The Morgan fingerprint density at radius 3 is 2.59 bits per heavy atom. The third-order valence-corrected chi connectivity index (χ3v) is 5.72. The summed E-state index contributed by atoms with van der Waals surface area (Å²) in [4.78, 5) is 59.3. The smallest absolute Gasteiger partial charge is 0.352 e. The number of carbonyl (C=O) groups excluding carboxylic acids is 3. The van der Waals surface area contributed by atoms with Gasteiger partial charge in [0.05, 0.1) is 0 Å². The number of ether oxygens (including phenoxy) is 1. The minimum absolute atomic E-state index is 0.164. The molecule has 1 fully saturated rings. The second kappa shape index (κ2) is 8.54. The van der Waals surface area contributed by atoms with Gasteiger partial charge in [0, 0.05) is 24.7 Å². The Kier molecular flexibility index (Phi) is 6.55. The third kappa shape index (κ3) is 4.52. The van der Waals surface area contributed by atoms with Crippen LogP contribution in [0.2, 0.25) is 0 Å². The van der Waals surface area contributed by atoms with E-state index in [2.05, 4.69) is 11.2 Å². The summed E-state index contributed by atoms with van der Waals surface area (Å²) in [5, 5.41) is 19.9. The maximum atomic E-state index is 12.5. The summed E-state index contributed by atoms with van der Waals surface area (Å²) >= 11 is 1.18. The lowest BCUT2D eigenvalue weighted by Gasteiger charge is -2.49. The van der Waals surface area contributed by atoms with Gasteiger partial charge in [-0.2, -0.15) is 0 Å². The molecule has 5 N–H and O–H groups in total. The lowest BCUT2D eigenvalue weighted by molar-refractivity contribution is -0.151. The summed E-state index contributed by atoms with van der Waals surface area (Å²) in [5.74, 6) is -2.51. The lowest BCUT2D eigenvalue weighted by Crippen LogP contribution is -2.72. The molecule has 2 heterocycles. The van der Waals surface area contributed by atoms with Crippen LogP contribution in [0.3, 0.4) is 0 Å². The third-order valence-electron chi connectivity index (χ3n) is 4.38. The molecule has 11 nitrogen and oxygen atoms in total. The van der Waals surface area contributed by atoms with Crippen molar-refractivity contribution in [1.29, 1.82) is 0 Å². The highest BCUT2D eigenvalue weighted by Gasteiger charge is 2.55. The van der Waals surface area contributed by atoms with Crippen molar-refractivity contribution in [3.05, 3.63) is 11.3 Å². The molecule has 2 rings (SSSR count). The maximum absolute atomic E-state index is 12.5. The number of nitrogens with one attached hydrogen (secondary N) is 1. The average Bonchev–Trinajstić information content (AvgIpc) is 2.67. The van der Waals surface area contributed by atoms with Crippen LogP contribution in [-0.2, 0) is 28.7 Å². The number of nitrogens with two attached hydrogens (primary N) is 1. The molecule has 0 bridgehead atoms. The zero-order valence-electron chi connectivity index (χ0n) is 15.3. The normalized spacial score (nSPS) is 22.5. The number of carboxylic acids is 2. The molecule has 0 aromatic carbocycles. The van der Waals surface area contributed by atoms with E-state index in [-0.39, 0.29) is 30.1 Å². The topological polar surface area (TPSA) is 176 Å². The van der Waals surface area contributed by atoms with Crippen molar-refractivity contribution in [2.45, 2.75) is 36.7 Å². The van der Waals surface area contributed by atoms with Crippen molar-refractivity contribution in [3.63, 3.8) is 0 Å². The van der Waals surface area contributed by atoms with E-state index in [4.69, 9.17) is 22.0 Å². The molecule has 0 aliphatic carbocycles. The zero-order valence-corrected chi connectivity index (χ0v) is 16.2. The van der Waals surface area contributed by atoms with Crippen LogP contribution in [0.25, 0.3) is 0 Å². The molecule has 2 aliphatic rings. The number of amides is 2. The molecule has 12 heteroatoms. The predicted molar refractivity (Wildman–Crippen MR) is 98.9 cm³/mol. The Balaban J connectivity index is 2.15. The van der Waals surface area contributed by atoms with Crippen molar-refractivity contribution in [2.24, 2.45) is 5.73 Å². The molecular formula is C17H19N3O8S. The molecule has 3 unspecified atom stereocenters. The number of terminal acetylenes is 1. The molecule has 0 spiro atoms. The van der Waals surface area contributed by atoms with Gasteiger partial charge in [0.15, 0.2) is 5.54 Å². The van der Waals surface area contributed by atoms with E-state index >= 15 is 0 Å². The van der Waals surface area contributed by atoms with Crippen LogP contribution in [0, 0.1) is 12.3 Å². The zero-order chi connectivity index (χ0) is 21.9. The first-order valence-electron chi connectivity index (χ1n) is 8.34. The number of β-lactam (4-membered cyclic amide) rings is 1. The van der Waals surface area contributed by atoms with Crippen LogP contribution in [0.4, 0.5) is 0 Å². The molecule has 156 valence electrons. The molecule has 0 aromatic rings. The number of carboxylic acid groups (broad SMARTS) is 2. The maximum Gasteiger partial charge on any atom is 0.352 e. The number of hydrogen-bond donors (Lipinski definition) is 4. The number of esters is 1. The predicted octanol–water partition coefficient (Wildman–Crippen LogP) is -1.52. The molecular weight excluding hydrogens is 406 g/mol. The highest BCUT2D eigenvalue weighted by Crippen LogP contribution is 2.40.